The summed E-state index contributed by atoms with van der Waals surface area (Å²) in [6, 6.07) is 6.01. The molecule has 0 fully saturated rings. The SMILES string of the molecule is Cc1cccc(C)c1C(=O)N(C)CC1CCn2ccnc2C1. The predicted octanol–water partition coefficient (Wildman–Crippen LogP) is 2.83. The second-order valence-corrected chi connectivity index (χ2v) is 6.35. The van der Waals surface area contributed by atoms with Gasteiger partial charge in [0.05, 0.1) is 0 Å². The van der Waals surface area contributed by atoms with E-state index in [1.165, 1.54) is 0 Å². The van der Waals surface area contributed by atoms with Crippen molar-refractivity contribution in [1.29, 1.82) is 0 Å². The zero-order valence-corrected chi connectivity index (χ0v) is 13.5. The molecule has 0 radical (unpaired) electrons. The topological polar surface area (TPSA) is 38.1 Å². The summed E-state index contributed by atoms with van der Waals surface area (Å²) in [6.07, 6.45) is 5.96. The van der Waals surface area contributed by atoms with Gasteiger partial charge in [0.25, 0.3) is 5.91 Å². The number of hydrogen-bond acceptors (Lipinski definition) is 2. The normalized spacial score (nSPS) is 17.1. The highest BCUT2D eigenvalue weighted by Gasteiger charge is 2.23. The van der Waals surface area contributed by atoms with E-state index in [-0.39, 0.29) is 5.91 Å². The van der Waals surface area contributed by atoms with Crippen molar-refractivity contribution in [3.63, 3.8) is 0 Å². The smallest absolute Gasteiger partial charge is 0.254 e. The molecule has 1 aliphatic rings. The molecule has 0 saturated carbocycles. The van der Waals surface area contributed by atoms with E-state index in [4.69, 9.17) is 0 Å². The Hall–Kier alpha value is -2.10. The first-order valence-electron chi connectivity index (χ1n) is 7.88. The number of aromatic nitrogens is 2. The van der Waals surface area contributed by atoms with E-state index in [1.807, 2.05) is 56.4 Å². The summed E-state index contributed by atoms with van der Waals surface area (Å²) < 4.78 is 2.21. The first kappa shape index (κ1) is 14.8. The molecule has 22 heavy (non-hydrogen) atoms. The third-order valence-electron chi connectivity index (χ3n) is 4.62. The largest absolute Gasteiger partial charge is 0.341 e. The average molecular weight is 297 g/mol. The third-order valence-corrected chi connectivity index (χ3v) is 4.62. The number of amides is 1. The molecule has 1 aromatic heterocycles. The van der Waals surface area contributed by atoms with E-state index in [1.54, 1.807) is 0 Å². The number of carbonyl (C=O) groups excluding carboxylic acids is 1. The first-order chi connectivity index (χ1) is 10.6. The van der Waals surface area contributed by atoms with Crippen LogP contribution < -0.4 is 0 Å². The fraction of sp³-hybridized carbons (Fsp3) is 0.444. The van der Waals surface area contributed by atoms with Crippen LogP contribution in [0.4, 0.5) is 0 Å². The van der Waals surface area contributed by atoms with Crippen molar-refractivity contribution in [2.24, 2.45) is 5.92 Å². The Morgan fingerprint density at radius 2 is 2.09 bits per heavy atom. The first-order valence-corrected chi connectivity index (χ1v) is 7.88. The van der Waals surface area contributed by atoms with Crippen molar-refractivity contribution in [2.75, 3.05) is 13.6 Å². The maximum Gasteiger partial charge on any atom is 0.254 e. The van der Waals surface area contributed by atoms with Crippen LogP contribution in [0.5, 0.6) is 0 Å². The minimum absolute atomic E-state index is 0.129. The van der Waals surface area contributed by atoms with Gasteiger partial charge in [0.1, 0.15) is 5.82 Å². The molecule has 1 atom stereocenters. The molecule has 2 aromatic rings. The van der Waals surface area contributed by atoms with Gasteiger partial charge in [0, 0.05) is 44.5 Å². The summed E-state index contributed by atoms with van der Waals surface area (Å²) in [5, 5.41) is 0. The molecule has 116 valence electrons. The van der Waals surface area contributed by atoms with Crippen LogP contribution in [0.2, 0.25) is 0 Å². The van der Waals surface area contributed by atoms with Crippen molar-refractivity contribution in [3.05, 3.63) is 53.1 Å². The molecule has 0 bridgehead atoms. The minimum atomic E-state index is 0.129. The van der Waals surface area contributed by atoms with Crippen LogP contribution in [0.1, 0.15) is 33.7 Å². The van der Waals surface area contributed by atoms with Crippen LogP contribution in [0, 0.1) is 19.8 Å². The average Bonchev–Trinajstić information content (AvgIpc) is 2.94. The molecule has 1 aliphatic heterocycles. The van der Waals surface area contributed by atoms with Crippen LogP contribution in [0.15, 0.2) is 30.6 Å². The second kappa shape index (κ2) is 5.95. The van der Waals surface area contributed by atoms with E-state index in [0.717, 1.165) is 48.4 Å². The molecular formula is C18H23N3O. The number of rotatable bonds is 3. The molecule has 1 aromatic carbocycles. The predicted molar refractivity (Wildman–Crippen MR) is 86.9 cm³/mol. The second-order valence-electron chi connectivity index (χ2n) is 6.35. The number of nitrogens with zero attached hydrogens (tertiary/aromatic N) is 3. The van der Waals surface area contributed by atoms with Gasteiger partial charge >= 0.3 is 0 Å². The zero-order chi connectivity index (χ0) is 15.7. The van der Waals surface area contributed by atoms with Gasteiger partial charge in [-0.1, -0.05) is 18.2 Å². The van der Waals surface area contributed by atoms with E-state index >= 15 is 0 Å². The lowest BCUT2D eigenvalue weighted by Gasteiger charge is -2.28. The lowest BCUT2D eigenvalue weighted by Crippen LogP contribution is -2.35. The van der Waals surface area contributed by atoms with Crippen molar-refractivity contribution in [3.8, 4) is 0 Å². The molecule has 4 heteroatoms. The minimum Gasteiger partial charge on any atom is -0.341 e. The lowest BCUT2D eigenvalue weighted by molar-refractivity contribution is 0.0762. The third kappa shape index (κ3) is 2.78. The monoisotopic (exact) mass is 297 g/mol. The van der Waals surface area contributed by atoms with Crippen LogP contribution in [0.25, 0.3) is 0 Å². The Labute approximate surface area is 131 Å². The summed E-state index contributed by atoms with van der Waals surface area (Å²) in [7, 11) is 1.91. The molecular weight excluding hydrogens is 274 g/mol. The molecule has 2 heterocycles. The van der Waals surface area contributed by atoms with E-state index in [9.17, 15) is 4.79 Å². The molecule has 3 rings (SSSR count). The zero-order valence-electron chi connectivity index (χ0n) is 13.5. The highest BCUT2D eigenvalue weighted by atomic mass is 16.2. The van der Waals surface area contributed by atoms with Crippen LogP contribution in [-0.4, -0.2) is 34.0 Å². The summed E-state index contributed by atoms with van der Waals surface area (Å²) in [5.74, 6) is 1.77. The van der Waals surface area contributed by atoms with Gasteiger partial charge < -0.3 is 9.47 Å². The van der Waals surface area contributed by atoms with Gasteiger partial charge in [-0.3, -0.25) is 4.79 Å². The van der Waals surface area contributed by atoms with E-state index in [0.29, 0.717) is 5.92 Å². The number of imidazole rings is 1. The molecule has 0 spiro atoms. The van der Waals surface area contributed by atoms with Crippen molar-refractivity contribution < 1.29 is 4.79 Å². The van der Waals surface area contributed by atoms with Crippen LogP contribution in [0.3, 0.4) is 0 Å². The van der Waals surface area contributed by atoms with Gasteiger partial charge in [-0.25, -0.2) is 4.98 Å². The quantitative estimate of drug-likeness (QED) is 0.873. The summed E-state index contributed by atoms with van der Waals surface area (Å²) in [4.78, 5) is 19.0. The Kier molecular flexibility index (Phi) is 4.01. The lowest BCUT2D eigenvalue weighted by atomic mass is 9.96. The Balaban J connectivity index is 1.70. The number of hydrogen-bond donors (Lipinski definition) is 0. The highest BCUT2D eigenvalue weighted by molar-refractivity contribution is 5.96. The Morgan fingerprint density at radius 3 is 2.82 bits per heavy atom. The maximum atomic E-state index is 12.8. The molecule has 0 aliphatic carbocycles. The fourth-order valence-corrected chi connectivity index (χ4v) is 3.38. The van der Waals surface area contributed by atoms with Gasteiger partial charge in [-0.15, -0.1) is 0 Å². The van der Waals surface area contributed by atoms with Crippen LogP contribution >= 0.6 is 0 Å². The summed E-state index contributed by atoms with van der Waals surface area (Å²) in [6.45, 7) is 5.81. The van der Waals surface area contributed by atoms with Crippen molar-refractivity contribution in [2.45, 2.75) is 33.2 Å². The van der Waals surface area contributed by atoms with Gasteiger partial charge in [0.2, 0.25) is 0 Å². The summed E-state index contributed by atoms with van der Waals surface area (Å²) in [5.41, 5.74) is 2.95. The number of aryl methyl sites for hydroxylation is 3. The van der Waals surface area contributed by atoms with Gasteiger partial charge in [-0.05, 0) is 37.3 Å². The highest BCUT2D eigenvalue weighted by Crippen LogP contribution is 2.21. The number of benzene rings is 1. The van der Waals surface area contributed by atoms with Crippen molar-refractivity contribution >= 4 is 5.91 Å². The standard InChI is InChI=1S/C18H23N3O/c1-13-5-4-6-14(2)17(13)18(22)20(3)12-15-7-9-21-10-8-19-16(21)11-15/h4-6,8,10,15H,7,9,11-12H2,1-3H3. The molecule has 0 N–H and O–H groups in total. The Morgan fingerprint density at radius 1 is 1.36 bits per heavy atom. The van der Waals surface area contributed by atoms with Gasteiger partial charge in [-0.2, -0.15) is 0 Å². The maximum absolute atomic E-state index is 12.8. The van der Waals surface area contributed by atoms with Gasteiger partial charge in [0.15, 0.2) is 0 Å². The van der Waals surface area contributed by atoms with Crippen molar-refractivity contribution in [1.82, 2.24) is 14.5 Å². The molecule has 1 unspecified atom stereocenters. The molecule has 1 amide bonds. The molecule has 0 saturated heterocycles. The Bertz CT molecular complexity index is 669. The summed E-state index contributed by atoms with van der Waals surface area (Å²) >= 11 is 0. The fourth-order valence-electron chi connectivity index (χ4n) is 3.38. The molecule has 4 nitrogen and oxygen atoms in total. The van der Waals surface area contributed by atoms with Crippen LogP contribution in [-0.2, 0) is 13.0 Å². The van der Waals surface area contributed by atoms with E-state index < -0.39 is 0 Å². The number of fused-ring (bicyclic) bond motifs is 1. The van der Waals surface area contributed by atoms with E-state index in [2.05, 4.69) is 9.55 Å². The number of carbonyl (C=O) groups is 1.